The van der Waals surface area contributed by atoms with E-state index in [1.54, 1.807) is 11.8 Å². The van der Waals surface area contributed by atoms with Crippen molar-refractivity contribution < 1.29 is 9.47 Å². The highest BCUT2D eigenvalue weighted by Crippen LogP contribution is 2.35. The molecule has 101 valence electrons. The second kappa shape index (κ2) is 4.90. The van der Waals surface area contributed by atoms with Gasteiger partial charge in [-0.1, -0.05) is 0 Å². The lowest BCUT2D eigenvalue weighted by Gasteiger charge is -2.18. The van der Waals surface area contributed by atoms with Gasteiger partial charge in [-0.05, 0) is 18.9 Å². The minimum Gasteiger partial charge on any atom is -0.476 e. The van der Waals surface area contributed by atoms with E-state index in [0.29, 0.717) is 25.0 Å². The number of fused-ring (bicyclic) bond motifs is 2. The summed E-state index contributed by atoms with van der Waals surface area (Å²) in [4.78, 5) is 1.01. The zero-order chi connectivity index (χ0) is 13.4. The molecule has 0 atom stereocenters. The van der Waals surface area contributed by atoms with Crippen LogP contribution in [0.25, 0.3) is 11.3 Å². The van der Waals surface area contributed by atoms with Crippen molar-refractivity contribution in [1.29, 1.82) is 0 Å². The monoisotopic (exact) mass is 287 g/mol. The van der Waals surface area contributed by atoms with Crippen LogP contribution >= 0.6 is 11.8 Å². The van der Waals surface area contributed by atoms with Crippen LogP contribution < -0.4 is 9.47 Å². The van der Waals surface area contributed by atoms with Gasteiger partial charge in [-0.15, -0.1) is 32.2 Å². The molecule has 2 aliphatic rings. The molecule has 0 bridgehead atoms. The number of hydrogen-bond acceptors (Lipinski definition) is 7. The maximum absolute atomic E-state index is 5.53. The normalized spacial score (nSPS) is 16.6. The first-order valence-corrected chi connectivity index (χ1v) is 7.44. The van der Waals surface area contributed by atoms with Gasteiger partial charge in [0.15, 0.2) is 0 Å². The summed E-state index contributed by atoms with van der Waals surface area (Å²) >= 11 is 1.73. The van der Waals surface area contributed by atoms with E-state index in [2.05, 4.69) is 26.6 Å². The Bertz CT molecular complexity index is 665. The van der Waals surface area contributed by atoms with Gasteiger partial charge in [0.05, 0.1) is 23.8 Å². The van der Waals surface area contributed by atoms with Gasteiger partial charge in [-0.25, -0.2) is 0 Å². The van der Waals surface area contributed by atoms with Crippen LogP contribution in [0.5, 0.6) is 11.8 Å². The molecule has 0 aromatic carbocycles. The zero-order valence-electron chi connectivity index (χ0n) is 10.6. The maximum Gasteiger partial charge on any atom is 0.247 e. The van der Waals surface area contributed by atoms with Gasteiger partial charge in [0.2, 0.25) is 11.8 Å². The topological polar surface area (TPSA) is 70.0 Å². The summed E-state index contributed by atoms with van der Waals surface area (Å²) in [5.74, 6) is 2.13. The number of rotatable bonds is 1. The highest BCUT2D eigenvalue weighted by atomic mass is 32.2. The van der Waals surface area contributed by atoms with Crippen molar-refractivity contribution in [1.82, 2.24) is 20.4 Å². The predicted octanol–water partition coefficient (Wildman–Crippen LogP) is 1.54. The fourth-order valence-electron chi connectivity index (χ4n) is 2.31. The average molecular weight is 287 g/mol. The fraction of sp³-hybridized carbons (Fsp3) is 0.385. The predicted molar refractivity (Wildman–Crippen MR) is 71.9 cm³/mol. The van der Waals surface area contributed by atoms with Crippen LogP contribution in [0.2, 0.25) is 0 Å². The minimum absolute atomic E-state index is 0.591. The van der Waals surface area contributed by atoms with Crippen molar-refractivity contribution in [2.45, 2.75) is 17.7 Å². The summed E-state index contributed by atoms with van der Waals surface area (Å²) in [6.45, 7) is 1.36. The third kappa shape index (κ3) is 1.98. The molecule has 6 nitrogen and oxygen atoms in total. The SMILES string of the molecule is [c]1nnc2c(c1-c1cc3c(nn1)OCCS3)CCCO2. The van der Waals surface area contributed by atoms with Crippen LogP contribution in [0.1, 0.15) is 12.0 Å². The molecule has 1 radical (unpaired) electrons. The first-order chi connectivity index (χ1) is 9.92. The van der Waals surface area contributed by atoms with Gasteiger partial charge < -0.3 is 9.47 Å². The number of hydrogen-bond donors (Lipinski definition) is 0. The van der Waals surface area contributed by atoms with Gasteiger partial charge in [0.25, 0.3) is 0 Å². The van der Waals surface area contributed by atoms with E-state index in [1.807, 2.05) is 6.07 Å². The van der Waals surface area contributed by atoms with Crippen molar-refractivity contribution in [3.05, 3.63) is 17.8 Å². The van der Waals surface area contributed by atoms with Gasteiger partial charge in [0, 0.05) is 16.9 Å². The number of ether oxygens (including phenoxy) is 2. The summed E-state index contributed by atoms with van der Waals surface area (Å²) in [5, 5.41) is 16.2. The van der Waals surface area contributed by atoms with Crippen LogP contribution in [-0.4, -0.2) is 39.4 Å². The van der Waals surface area contributed by atoms with Crippen molar-refractivity contribution in [2.75, 3.05) is 19.0 Å². The maximum atomic E-state index is 5.53. The lowest BCUT2D eigenvalue weighted by Crippen LogP contribution is -2.13. The Hall–Kier alpha value is -1.89. The molecular formula is C13H11N4O2S. The molecule has 2 aliphatic heterocycles. The molecule has 0 saturated carbocycles. The van der Waals surface area contributed by atoms with E-state index in [4.69, 9.17) is 9.47 Å². The second-order valence-electron chi connectivity index (χ2n) is 4.52. The summed E-state index contributed by atoms with van der Waals surface area (Å²) in [5.41, 5.74) is 2.59. The van der Waals surface area contributed by atoms with Crippen molar-refractivity contribution in [3.63, 3.8) is 0 Å². The van der Waals surface area contributed by atoms with Crippen LogP contribution in [-0.2, 0) is 6.42 Å². The molecule has 0 amide bonds. The fourth-order valence-corrected chi connectivity index (χ4v) is 3.12. The molecule has 2 aromatic rings. The highest BCUT2D eigenvalue weighted by molar-refractivity contribution is 7.99. The summed E-state index contributed by atoms with van der Waals surface area (Å²) < 4.78 is 11.0. The Morgan fingerprint density at radius 2 is 2.05 bits per heavy atom. The molecule has 4 heterocycles. The average Bonchev–Trinajstić information content (AvgIpc) is 2.54. The number of thioether (sulfide) groups is 1. The molecule has 0 saturated heterocycles. The molecule has 2 aromatic heterocycles. The summed E-state index contributed by atoms with van der Waals surface area (Å²) in [7, 11) is 0. The highest BCUT2D eigenvalue weighted by Gasteiger charge is 2.21. The lowest BCUT2D eigenvalue weighted by atomic mass is 10.0. The molecular weight excluding hydrogens is 276 g/mol. The van der Waals surface area contributed by atoms with Crippen molar-refractivity contribution in [3.8, 4) is 23.0 Å². The van der Waals surface area contributed by atoms with E-state index in [-0.39, 0.29) is 0 Å². The van der Waals surface area contributed by atoms with E-state index in [0.717, 1.165) is 40.3 Å². The van der Waals surface area contributed by atoms with Crippen molar-refractivity contribution >= 4 is 11.8 Å². The standard InChI is InChI=1S/C13H11N4O2S/c1-2-8-9(7-14-16-12(8)18-3-1)10-6-11-13(17-15-10)19-4-5-20-11/h6H,1-5H2. The van der Waals surface area contributed by atoms with Crippen LogP contribution in [0, 0.1) is 6.20 Å². The quantitative estimate of drug-likeness (QED) is 0.788. The first kappa shape index (κ1) is 11.9. The Morgan fingerprint density at radius 3 is 3.05 bits per heavy atom. The number of nitrogens with zero attached hydrogens (tertiary/aromatic N) is 4. The third-order valence-electron chi connectivity index (χ3n) is 3.24. The summed E-state index contributed by atoms with van der Waals surface area (Å²) in [6, 6.07) is 1.98. The van der Waals surface area contributed by atoms with Crippen molar-refractivity contribution in [2.24, 2.45) is 0 Å². The van der Waals surface area contributed by atoms with Gasteiger partial charge >= 0.3 is 0 Å². The smallest absolute Gasteiger partial charge is 0.247 e. The van der Waals surface area contributed by atoms with Crippen LogP contribution in [0.4, 0.5) is 0 Å². The largest absolute Gasteiger partial charge is 0.476 e. The Labute approximate surface area is 119 Å². The van der Waals surface area contributed by atoms with Gasteiger partial charge in [-0.2, -0.15) is 0 Å². The molecule has 7 heteroatoms. The van der Waals surface area contributed by atoms with E-state index in [1.165, 1.54) is 0 Å². The molecule has 0 N–H and O–H groups in total. The first-order valence-electron chi connectivity index (χ1n) is 6.45. The molecule has 0 fully saturated rings. The molecule has 0 spiro atoms. The Kier molecular flexibility index (Phi) is 2.91. The van der Waals surface area contributed by atoms with Gasteiger partial charge in [0.1, 0.15) is 6.20 Å². The Balaban J connectivity index is 1.81. The molecule has 4 rings (SSSR count). The molecule has 20 heavy (non-hydrogen) atoms. The summed E-state index contributed by atoms with van der Waals surface area (Å²) in [6.07, 6.45) is 4.80. The van der Waals surface area contributed by atoms with E-state index in [9.17, 15) is 0 Å². The van der Waals surface area contributed by atoms with Gasteiger partial charge in [-0.3, -0.25) is 0 Å². The second-order valence-corrected chi connectivity index (χ2v) is 5.66. The Morgan fingerprint density at radius 1 is 1.10 bits per heavy atom. The zero-order valence-corrected chi connectivity index (χ0v) is 11.4. The van der Waals surface area contributed by atoms with E-state index >= 15 is 0 Å². The van der Waals surface area contributed by atoms with Crippen LogP contribution in [0.3, 0.4) is 0 Å². The third-order valence-corrected chi connectivity index (χ3v) is 4.21. The molecule has 0 aliphatic carbocycles. The number of aromatic nitrogens is 4. The minimum atomic E-state index is 0.591. The molecule has 0 unspecified atom stereocenters. The van der Waals surface area contributed by atoms with E-state index < -0.39 is 0 Å². The van der Waals surface area contributed by atoms with Crippen LogP contribution in [0.15, 0.2) is 11.0 Å². The lowest BCUT2D eigenvalue weighted by molar-refractivity contribution is 0.273.